The van der Waals surface area contributed by atoms with Crippen LogP contribution in [0.1, 0.15) is 251 Å². The van der Waals surface area contributed by atoms with E-state index in [9.17, 15) is 40.5 Å². The van der Waals surface area contributed by atoms with Gasteiger partial charge in [0.05, 0.1) is 25.4 Å². The van der Waals surface area contributed by atoms with E-state index in [1.807, 2.05) is 6.08 Å². The quantitative estimate of drug-likeness (QED) is 0.0215. The number of nitrogens with one attached hydrogen (secondary N) is 1. The third kappa shape index (κ3) is 34.6. The Bertz CT molecular complexity index is 1200. The molecule has 0 aromatic carbocycles. The van der Waals surface area contributed by atoms with Crippen LogP contribution in [0.15, 0.2) is 36.5 Å². The van der Waals surface area contributed by atoms with Crippen LogP contribution in [0.2, 0.25) is 0 Å². The van der Waals surface area contributed by atoms with E-state index in [-0.39, 0.29) is 12.8 Å². The molecule has 400 valence electrons. The molecule has 0 aromatic heterocycles. The minimum Gasteiger partial charge on any atom is -0.394 e. The maximum atomic E-state index is 13.1. The second kappa shape index (κ2) is 46.4. The van der Waals surface area contributed by atoms with Crippen LogP contribution >= 0.6 is 0 Å². The molecular weight excluding hydrogens is 859 g/mol. The molecule has 0 spiro atoms. The fraction of sp³-hybridized carbons (Fsp3) is 0.877. The fourth-order valence-electron chi connectivity index (χ4n) is 9.02. The highest BCUT2D eigenvalue weighted by atomic mass is 16.7. The van der Waals surface area contributed by atoms with Gasteiger partial charge in [-0.3, -0.25) is 4.79 Å². The Morgan fingerprint density at radius 3 is 1.37 bits per heavy atom. The number of amides is 1. The zero-order valence-electron chi connectivity index (χ0n) is 43.6. The molecule has 0 saturated carbocycles. The number of allylic oxidation sites excluding steroid dienone is 5. The van der Waals surface area contributed by atoms with Crippen molar-refractivity contribution in [2.45, 2.75) is 306 Å². The molecule has 8 N–H and O–H groups in total. The van der Waals surface area contributed by atoms with Gasteiger partial charge in [-0.05, 0) is 51.4 Å². The Labute approximate surface area is 416 Å². The average Bonchev–Trinajstić information content (AvgIpc) is 3.34. The molecule has 0 aromatic rings. The molecule has 68 heavy (non-hydrogen) atoms. The number of unbranched alkanes of at least 4 members (excludes halogenated alkanes) is 31. The monoisotopic (exact) mass is 966 g/mol. The molecule has 0 aliphatic carbocycles. The van der Waals surface area contributed by atoms with Crippen LogP contribution in [0.5, 0.6) is 0 Å². The predicted molar refractivity (Wildman–Crippen MR) is 279 cm³/mol. The second-order valence-electron chi connectivity index (χ2n) is 20.0. The normalized spacial score (nSPS) is 20.8. The first-order valence-corrected chi connectivity index (χ1v) is 28.4. The van der Waals surface area contributed by atoms with E-state index >= 15 is 0 Å². The van der Waals surface area contributed by atoms with Gasteiger partial charge < -0.3 is 50.5 Å². The van der Waals surface area contributed by atoms with Gasteiger partial charge in [-0.1, -0.05) is 230 Å². The lowest BCUT2D eigenvalue weighted by Gasteiger charge is -2.40. The van der Waals surface area contributed by atoms with Gasteiger partial charge in [0.15, 0.2) is 6.29 Å². The molecule has 11 nitrogen and oxygen atoms in total. The lowest BCUT2D eigenvalue weighted by Crippen LogP contribution is -2.60. The summed E-state index contributed by atoms with van der Waals surface area (Å²) in [7, 11) is 0. The topological polar surface area (TPSA) is 189 Å². The summed E-state index contributed by atoms with van der Waals surface area (Å²) in [5.41, 5.74) is 0. The van der Waals surface area contributed by atoms with Crippen molar-refractivity contribution < 1.29 is 50.0 Å². The van der Waals surface area contributed by atoms with E-state index < -0.39 is 74.2 Å². The third-order valence-electron chi connectivity index (χ3n) is 13.7. The molecule has 0 bridgehead atoms. The first-order chi connectivity index (χ1) is 33.2. The van der Waals surface area contributed by atoms with Crippen molar-refractivity contribution in [1.82, 2.24) is 5.32 Å². The smallest absolute Gasteiger partial charge is 0.249 e. The van der Waals surface area contributed by atoms with Crippen LogP contribution in [0, 0.1) is 0 Å². The third-order valence-corrected chi connectivity index (χ3v) is 13.7. The molecule has 1 amide bonds. The second-order valence-corrected chi connectivity index (χ2v) is 20.0. The van der Waals surface area contributed by atoms with E-state index in [0.717, 1.165) is 25.7 Å². The molecule has 11 heteroatoms. The predicted octanol–water partition coefficient (Wildman–Crippen LogP) is 11.5. The van der Waals surface area contributed by atoms with Crippen LogP contribution in [0.3, 0.4) is 0 Å². The Hall–Kier alpha value is -1.67. The molecule has 1 aliphatic heterocycles. The molecule has 1 aliphatic rings. The van der Waals surface area contributed by atoms with Crippen molar-refractivity contribution in [2.75, 3.05) is 13.2 Å². The van der Waals surface area contributed by atoms with Crippen molar-refractivity contribution in [1.29, 1.82) is 0 Å². The molecule has 1 heterocycles. The maximum Gasteiger partial charge on any atom is 0.249 e. The molecule has 1 rings (SSSR count). The SMILES string of the molecule is CCCCCCCC/C=C\C/C=C\CC(O)C(=O)NC(COC1OC(CO)C(O)C(O)C1O)C(O)C(O)CCC/C=C/CCCCCCCCCCCCCCCCCCCCCCCCCC. The summed E-state index contributed by atoms with van der Waals surface area (Å²) in [4.78, 5) is 13.1. The molecule has 0 radical (unpaired) electrons. The van der Waals surface area contributed by atoms with Gasteiger partial charge in [0.2, 0.25) is 5.91 Å². The Morgan fingerprint density at radius 1 is 0.529 bits per heavy atom. The first kappa shape index (κ1) is 64.3. The van der Waals surface area contributed by atoms with Crippen LogP contribution in [-0.2, 0) is 14.3 Å². The summed E-state index contributed by atoms with van der Waals surface area (Å²) >= 11 is 0. The highest BCUT2D eigenvalue weighted by Crippen LogP contribution is 2.23. The molecular formula is C57H107NO10. The van der Waals surface area contributed by atoms with Gasteiger partial charge in [-0.25, -0.2) is 0 Å². The lowest BCUT2D eigenvalue weighted by molar-refractivity contribution is -0.303. The Morgan fingerprint density at radius 2 is 0.926 bits per heavy atom. The zero-order chi connectivity index (χ0) is 49.7. The van der Waals surface area contributed by atoms with Crippen LogP contribution in [0.4, 0.5) is 0 Å². The van der Waals surface area contributed by atoms with Crippen molar-refractivity contribution >= 4 is 5.91 Å². The summed E-state index contributed by atoms with van der Waals surface area (Å²) in [5.74, 6) is -0.773. The van der Waals surface area contributed by atoms with Gasteiger partial charge in [-0.15, -0.1) is 0 Å². The summed E-state index contributed by atoms with van der Waals surface area (Å²) in [6.45, 7) is 3.40. The molecule has 9 atom stereocenters. The van der Waals surface area contributed by atoms with Crippen molar-refractivity contribution in [2.24, 2.45) is 0 Å². The number of carbonyl (C=O) groups excluding carboxylic acids is 1. The van der Waals surface area contributed by atoms with Crippen LogP contribution in [-0.4, -0.2) is 110 Å². The van der Waals surface area contributed by atoms with Crippen molar-refractivity contribution in [3.8, 4) is 0 Å². The highest BCUT2D eigenvalue weighted by molar-refractivity contribution is 5.81. The van der Waals surface area contributed by atoms with Gasteiger partial charge in [0.1, 0.15) is 36.6 Å². The number of rotatable bonds is 48. The van der Waals surface area contributed by atoms with Gasteiger partial charge in [0, 0.05) is 6.42 Å². The van der Waals surface area contributed by atoms with E-state index in [1.165, 1.54) is 186 Å². The largest absolute Gasteiger partial charge is 0.394 e. The minimum atomic E-state index is -1.68. The van der Waals surface area contributed by atoms with Crippen molar-refractivity contribution in [3.05, 3.63) is 36.5 Å². The lowest BCUT2D eigenvalue weighted by atomic mass is 9.99. The van der Waals surface area contributed by atoms with Crippen molar-refractivity contribution in [3.63, 3.8) is 0 Å². The standard InChI is InChI=1S/C57H107NO10/c1-3-5-7-9-11-13-15-17-18-19-20-21-22-23-24-25-26-27-28-29-30-31-32-33-35-36-38-40-42-44-49(60)52(62)48(47-67-57-55(65)54(64)53(63)51(46-59)68-57)58-56(66)50(61)45-43-41-39-37-34-16-14-12-10-8-6-4-2/h34,36-38,41,43,48-55,57,59-65H,3-33,35,39-40,42,44-47H2,1-2H3,(H,58,66)/b37-34-,38-36+,43-41-. The minimum absolute atomic E-state index is 0.0437. The number of aliphatic hydroxyl groups excluding tert-OH is 7. The maximum absolute atomic E-state index is 13.1. The molecule has 1 saturated heterocycles. The Kier molecular flexibility index (Phi) is 43.9. The Balaban J connectivity index is 2.28. The highest BCUT2D eigenvalue weighted by Gasteiger charge is 2.44. The molecule has 1 fully saturated rings. The van der Waals surface area contributed by atoms with Gasteiger partial charge >= 0.3 is 0 Å². The van der Waals surface area contributed by atoms with Crippen LogP contribution in [0.25, 0.3) is 0 Å². The van der Waals surface area contributed by atoms with Gasteiger partial charge in [-0.2, -0.15) is 0 Å². The molecule has 9 unspecified atom stereocenters. The van der Waals surface area contributed by atoms with E-state index in [1.54, 1.807) is 6.08 Å². The summed E-state index contributed by atoms with van der Waals surface area (Å²) in [6.07, 6.45) is 45.4. The summed E-state index contributed by atoms with van der Waals surface area (Å²) in [6, 6.07) is -1.22. The number of ether oxygens (including phenoxy) is 2. The van der Waals surface area contributed by atoms with E-state index in [0.29, 0.717) is 12.8 Å². The summed E-state index contributed by atoms with van der Waals surface area (Å²) < 4.78 is 11.1. The van der Waals surface area contributed by atoms with E-state index in [4.69, 9.17) is 9.47 Å². The number of hydrogen-bond donors (Lipinski definition) is 8. The number of carbonyl (C=O) groups is 1. The van der Waals surface area contributed by atoms with Crippen LogP contribution < -0.4 is 5.32 Å². The zero-order valence-corrected chi connectivity index (χ0v) is 43.6. The van der Waals surface area contributed by atoms with Gasteiger partial charge in [0.25, 0.3) is 0 Å². The number of aliphatic hydroxyl groups is 7. The first-order valence-electron chi connectivity index (χ1n) is 28.4. The average molecular weight is 966 g/mol. The number of hydrogen-bond acceptors (Lipinski definition) is 10. The fourth-order valence-corrected chi connectivity index (χ4v) is 9.02. The summed E-state index contributed by atoms with van der Waals surface area (Å²) in [5, 5.41) is 75.7. The van der Waals surface area contributed by atoms with E-state index in [2.05, 4.69) is 43.5 Å².